The number of rotatable bonds is 9. The Hall–Kier alpha value is -9.94. The summed E-state index contributed by atoms with van der Waals surface area (Å²) < 4.78 is 0. The predicted octanol–water partition coefficient (Wildman–Crippen LogP) is 18.2. The Kier molecular flexibility index (Phi) is 12.2. The molecule has 1 aliphatic carbocycles. The zero-order valence-electron chi connectivity index (χ0n) is 43.7. The van der Waals surface area contributed by atoms with Crippen LogP contribution in [0.1, 0.15) is 49.1 Å². The summed E-state index contributed by atoms with van der Waals surface area (Å²) in [5.74, 6) is 0.369. The molecule has 0 bridgehead atoms. The van der Waals surface area contributed by atoms with Crippen molar-refractivity contribution in [2.45, 2.75) is 38.0 Å². The lowest BCUT2D eigenvalue weighted by molar-refractivity contribution is 0.444. The molecule has 2 aliphatic heterocycles. The molecule has 3 aliphatic rings. The maximum atomic E-state index is 9.90. The number of benzene rings is 11. The number of hydrogen-bond acceptors (Lipinski definition) is 3. The first-order chi connectivity index (χ1) is 39.1. The summed E-state index contributed by atoms with van der Waals surface area (Å²) in [6.45, 7) is 7.63. The van der Waals surface area contributed by atoms with Gasteiger partial charge in [0.15, 0.2) is 5.69 Å². The molecule has 0 N–H and O–H groups in total. The predicted molar refractivity (Wildman–Crippen MR) is 330 cm³/mol. The minimum Gasteiger partial charge on any atom is -0.310 e. The van der Waals surface area contributed by atoms with E-state index in [1.165, 1.54) is 52.6 Å². The van der Waals surface area contributed by atoms with Crippen molar-refractivity contribution in [1.29, 1.82) is 5.26 Å². The Labute approximate surface area is 463 Å². The summed E-state index contributed by atoms with van der Waals surface area (Å²) in [4.78, 5) is 9.06. The molecule has 11 aromatic carbocycles. The lowest BCUT2D eigenvalue weighted by Crippen LogP contribution is -2.61. The van der Waals surface area contributed by atoms with Gasteiger partial charge >= 0.3 is 0 Å². The quantitative estimate of drug-likeness (QED) is 0.107. The maximum Gasteiger partial charge on any atom is 0.252 e. The molecule has 79 heavy (non-hydrogen) atoms. The monoisotopic (exact) mass is 1010 g/mol. The molecule has 0 saturated heterocycles. The lowest BCUT2D eigenvalue weighted by atomic mass is 9.33. The van der Waals surface area contributed by atoms with E-state index in [0.29, 0.717) is 17.2 Å². The van der Waals surface area contributed by atoms with Crippen LogP contribution >= 0.6 is 0 Å². The van der Waals surface area contributed by atoms with E-state index in [9.17, 15) is 5.26 Å². The molecule has 14 rings (SSSR count). The molecular weight excluding hydrogens is 956 g/mol. The second-order valence-corrected chi connectivity index (χ2v) is 21.2. The topological polar surface area (TPSA) is 34.6 Å². The minimum atomic E-state index is -0.162. The largest absolute Gasteiger partial charge is 0.310 e. The zero-order valence-corrected chi connectivity index (χ0v) is 43.7. The van der Waals surface area contributed by atoms with Gasteiger partial charge in [-0.3, -0.25) is 0 Å². The highest BCUT2D eigenvalue weighted by Crippen LogP contribution is 2.54. The number of nitriles is 1. The Morgan fingerprint density at radius 1 is 0.392 bits per heavy atom. The highest BCUT2D eigenvalue weighted by Gasteiger charge is 2.46. The van der Waals surface area contributed by atoms with Crippen molar-refractivity contribution in [3.8, 4) is 72.8 Å². The molecule has 5 heteroatoms. The molecule has 0 radical (unpaired) electrons. The molecule has 0 amide bonds. The molecule has 1 fully saturated rings. The summed E-state index contributed by atoms with van der Waals surface area (Å²) in [5.41, 5.74) is 26.7. The molecule has 0 unspecified atom stereocenters. The Balaban J connectivity index is 1.15. The number of anilines is 6. The fraction of sp³-hybridized carbons (Fsp3) is 0.0811. The van der Waals surface area contributed by atoms with Gasteiger partial charge in [-0.25, -0.2) is 4.85 Å². The van der Waals surface area contributed by atoms with Gasteiger partial charge in [-0.1, -0.05) is 238 Å². The molecule has 1 saturated carbocycles. The van der Waals surface area contributed by atoms with Gasteiger partial charge in [0.25, 0.3) is 6.71 Å². The SMILES string of the molecule is [C-]#[N+]c1ccc(-c2ccc3c(c2)N(c2c(-c4ccccc4)cccc2-c2ccccc2)c2cc(C4CCCCC4)cc4c2B3c2ccc(-c3ccc(C#N)cc3)cc2N4c2c(-c3ccccc3)cccc2-c2ccccc2)cc1. The third kappa shape index (κ3) is 8.40. The van der Waals surface area contributed by atoms with Crippen molar-refractivity contribution in [3.63, 3.8) is 0 Å². The Morgan fingerprint density at radius 3 is 1.18 bits per heavy atom. The first kappa shape index (κ1) is 47.5. The molecule has 4 nitrogen and oxygen atoms in total. The van der Waals surface area contributed by atoms with Crippen molar-refractivity contribution >= 4 is 62.9 Å². The second-order valence-electron chi connectivity index (χ2n) is 21.2. The van der Waals surface area contributed by atoms with Gasteiger partial charge in [0.05, 0.1) is 29.6 Å². The van der Waals surface area contributed by atoms with Gasteiger partial charge in [0.2, 0.25) is 0 Å². The van der Waals surface area contributed by atoms with Crippen LogP contribution in [-0.2, 0) is 0 Å². The van der Waals surface area contributed by atoms with Gasteiger partial charge in [-0.15, -0.1) is 0 Å². The van der Waals surface area contributed by atoms with Crippen LogP contribution in [-0.4, -0.2) is 6.71 Å². The Morgan fingerprint density at radius 2 is 0.785 bits per heavy atom. The smallest absolute Gasteiger partial charge is 0.252 e. The van der Waals surface area contributed by atoms with Gasteiger partial charge in [-0.2, -0.15) is 5.26 Å². The van der Waals surface area contributed by atoms with Crippen molar-refractivity contribution in [2.24, 2.45) is 0 Å². The molecule has 0 aromatic heterocycles. The van der Waals surface area contributed by atoms with Crippen LogP contribution in [0, 0.1) is 17.9 Å². The first-order valence-corrected chi connectivity index (χ1v) is 27.6. The number of fused-ring (bicyclic) bond motifs is 4. The molecule has 0 spiro atoms. The normalized spacial score (nSPS) is 13.4. The van der Waals surface area contributed by atoms with Gasteiger partial charge in [0, 0.05) is 45.0 Å². The summed E-state index contributed by atoms with van der Waals surface area (Å²) in [5, 5.41) is 9.90. The molecule has 0 atom stereocenters. The minimum absolute atomic E-state index is 0.162. The highest BCUT2D eigenvalue weighted by molar-refractivity contribution is 7.00. The van der Waals surface area contributed by atoms with E-state index >= 15 is 0 Å². The van der Waals surface area contributed by atoms with Crippen LogP contribution in [0.5, 0.6) is 0 Å². The summed E-state index contributed by atoms with van der Waals surface area (Å²) in [7, 11) is 0. The maximum absolute atomic E-state index is 9.90. The van der Waals surface area contributed by atoms with Crippen LogP contribution in [0.15, 0.2) is 255 Å². The molecule has 2 heterocycles. The van der Waals surface area contributed by atoms with Gasteiger partial charge in [-0.05, 0) is 122 Å². The van der Waals surface area contributed by atoms with Crippen LogP contribution in [0.3, 0.4) is 0 Å². The third-order valence-electron chi connectivity index (χ3n) is 16.7. The zero-order chi connectivity index (χ0) is 52.8. The van der Waals surface area contributed by atoms with Crippen LogP contribution in [0.2, 0.25) is 0 Å². The number of nitrogens with zero attached hydrogens (tertiary/aromatic N) is 4. The summed E-state index contributed by atoms with van der Waals surface area (Å²) in [6.07, 6.45) is 5.92. The van der Waals surface area contributed by atoms with Crippen molar-refractivity contribution < 1.29 is 0 Å². The fourth-order valence-corrected chi connectivity index (χ4v) is 13.0. The van der Waals surface area contributed by atoms with Crippen molar-refractivity contribution in [1.82, 2.24) is 0 Å². The van der Waals surface area contributed by atoms with E-state index in [4.69, 9.17) is 6.57 Å². The summed E-state index contributed by atoms with van der Waals surface area (Å²) in [6, 6.07) is 95.1. The lowest BCUT2D eigenvalue weighted by Gasteiger charge is -2.46. The van der Waals surface area contributed by atoms with E-state index in [1.54, 1.807) is 0 Å². The van der Waals surface area contributed by atoms with E-state index in [2.05, 4.69) is 251 Å². The number of hydrogen-bond donors (Lipinski definition) is 0. The highest BCUT2D eigenvalue weighted by atomic mass is 15.2. The van der Waals surface area contributed by atoms with Gasteiger partial charge < -0.3 is 9.80 Å². The average Bonchev–Trinajstić information content (AvgIpc) is 3.59. The van der Waals surface area contributed by atoms with E-state index in [1.807, 2.05) is 24.3 Å². The first-order valence-electron chi connectivity index (χ1n) is 27.6. The molecule has 11 aromatic rings. The Bertz CT molecular complexity index is 3800. The average molecular weight is 1010 g/mol. The van der Waals surface area contributed by atoms with Crippen molar-refractivity contribution in [2.75, 3.05) is 9.80 Å². The van der Waals surface area contributed by atoms with Crippen molar-refractivity contribution in [3.05, 3.63) is 277 Å². The van der Waals surface area contributed by atoms with E-state index in [0.717, 1.165) is 102 Å². The standard InChI is InChI=1S/C74H53BN4/c1-77-61-41-37-53(38-42-61)59-40-44-67-69(46-59)79(74-64(56-25-13-5-14-26-56)31-18-32-65(74)57-27-15-6-16-28-57)71-48-60(51-19-7-2-8-20-51)47-70-72(71)75(67)66-43-39-58(52-35-33-50(49-76)34-36-52)45-68(66)78(70)73-62(54-21-9-3-10-22-54)29-17-30-63(73)55-23-11-4-12-24-55/h3-6,9-18,21-48,51H,2,7-8,19-20H2. The molecule has 372 valence electrons. The van der Waals surface area contributed by atoms with Crippen LogP contribution < -0.4 is 26.2 Å². The number of para-hydroxylation sites is 2. The van der Waals surface area contributed by atoms with Crippen LogP contribution in [0.25, 0.3) is 71.6 Å². The van der Waals surface area contributed by atoms with E-state index in [-0.39, 0.29) is 6.71 Å². The fourth-order valence-electron chi connectivity index (χ4n) is 13.0. The summed E-state index contributed by atoms with van der Waals surface area (Å²) >= 11 is 0. The van der Waals surface area contributed by atoms with Gasteiger partial charge in [0.1, 0.15) is 0 Å². The van der Waals surface area contributed by atoms with Crippen LogP contribution in [0.4, 0.5) is 39.8 Å². The second kappa shape index (κ2) is 20.2. The third-order valence-corrected chi connectivity index (χ3v) is 16.7. The molecular formula is C74H53BN4. The van der Waals surface area contributed by atoms with E-state index < -0.39 is 0 Å².